The van der Waals surface area contributed by atoms with Gasteiger partial charge in [-0.2, -0.15) is 8.80 Å². The average Bonchev–Trinajstić information content (AvgIpc) is 2.65. The molecule has 0 rings (SSSR count). The zero-order valence-corrected chi connectivity index (χ0v) is 24.1. The van der Waals surface area contributed by atoms with Crippen molar-refractivity contribution in [2.75, 3.05) is 51.6 Å². The highest BCUT2D eigenvalue weighted by atomic mass is 79.9. The number of rotatable bonds is 15. The molecule has 1 N–H and O–H groups in total. The SMILES string of the molecule is CN(C)C=NS(=O)(=O)CCCCCBr.CN(C)C=NS(=O)(=O)CCCCCNC(C)(C)C. The van der Waals surface area contributed by atoms with Crippen molar-refractivity contribution in [3.05, 3.63) is 0 Å². The van der Waals surface area contributed by atoms with Gasteiger partial charge in [0.05, 0.1) is 11.5 Å². The highest BCUT2D eigenvalue weighted by Gasteiger charge is 2.09. The Morgan fingerprint density at radius 1 is 0.750 bits per heavy atom. The summed E-state index contributed by atoms with van der Waals surface area (Å²) in [6.45, 7) is 7.28. The predicted octanol–water partition coefficient (Wildman–Crippen LogP) is 2.94. The minimum absolute atomic E-state index is 0.127. The number of unbranched alkanes of at least 4 members (excludes halogenated alkanes) is 4. The summed E-state index contributed by atoms with van der Waals surface area (Å²) in [4.78, 5) is 3.22. The molecule has 192 valence electrons. The third-order valence-corrected chi connectivity index (χ3v) is 6.65. The van der Waals surface area contributed by atoms with Crippen molar-refractivity contribution in [3.63, 3.8) is 0 Å². The molecule has 0 aromatic rings. The van der Waals surface area contributed by atoms with Crippen LogP contribution in [0, 0.1) is 0 Å². The van der Waals surface area contributed by atoms with Crippen LogP contribution in [-0.2, 0) is 20.0 Å². The molecule has 0 saturated carbocycles. The van der Waals surface area contributed by atoms with Crippen molar-refractivity contribution in [3.8, 4) is 0 Å². The van der Waals surface area contributed by atoms with Crippen molar-refractivity contribution in [2.24, 2.45) is 8.80 Å². The molecule has 0 heterocycles. The number of hydrogen-bond donors (Lipinski definition) is 1. The van der Waals surface area contributed by atoms with Crippen LogP contribution in [0.5, 0.6) is 0 Å². The number of halogens is 1. The van der Waals surface area contributed by atoms with Crippen LogP contribution in [0.25, 0.3) is 0 Å². The van der Waals surface area contributed by atoms with E-state index < -0.39 is 20.0 Å². The quantitative estimate of drug-likeness (QED) is 0.141. The van der Waals surface area contributed by atoms with E-state index in [1.807, 2.05) is 0 Å². The van der Waals surface area contributed by atoms with Crippen molar-refractivity contribution in [1.29, 1.82) is 0 Å². The van der Waals surface area contributed by atoms with Gasteiger partial charge in [-0.1, -0.05) is 28.8 Å². The molecule has 0 amide bonds. The summed E-state index contributed by atoms with van der Waals surface area (Å²) < 4.78 is 52.6. The number of sulfonamides is 2. The normalized spacial score (nSPS) is 12.8. The summed E-state index contributed by atoms with van der Waals surface area (Å²) >= 11 is 3.29. The minimum Gasteiger partial charge on any atom is -0.368 e. The van der Waals surface area contributed by atoms with Gasteiger partial charge in [-0.3, -0.25) is 0 Å². The Labute approximate surface area is 205 Å². The van der Waals surface area contributed by atoms with Crippen LogP contribution in [0.1, 0.15) is 59.3 Å². The molecule has 0 aliphatic carbocycles. The maximum atomic E-state index is 11.5. The fourth-order valence-electron chi connectivity index (χ4n) is 2.04. The van der Waals surface area contributed by atoms with Crippen LogP contribution in [0.3, 0.4) is 0 Å². The van der Waals surface area contributed by atoms with Gasteiger partial charge in [0.1, 0.15) is 12.7 Å². The van der Waals surface area contributed by atoms with Crippen molar-refractivity contribution < 1.29 is 16.8 Å². The summed E-state index contributed by atoms with van der Waals surface area (Å²) in [7, 11) is 0.445. The van der Waals surface area contributed by atoms with Gasteiger partial charge in [0, 0.05) is 39.1 Å². The van der Waals surface area contributed by atoms with Gasteiger partial charge < -0.3 is 15.1 Å². The zero-order valence-electron chi connectivity index (χ0n) is 20.8. The molecule has 0 aromatic carbocycles. The van der Waals surface area contributed by atoms with E-state index >= 15 is 0 Å². The monoisotopic (exact) mass is 561 g/mol. The molecule has 0 radical (unpaired) electrons. The lowest BCUT2D eigenvalue weighted by molar-refractivity contribution is 0.418. The number of alkyl halides is 1. The highest BCUT2D eigenvalue weighted by molar-refractivity contribution is 9.09. The lowest BCUT2D eigenvalue weighted by Gasteiger charge is -2.20. The molecule has 0 unspecified atom stereocenters. The lowest BCUT2D eigenvalue weighted by Crippen LogP contribution is -2.36. The maximum Gasteiger partial charge on any atom is 0.254 e. The van der Waals surface area contributed by atoms with Crippen molar-refractivity contribution >= 4 is 48.7 Å². The van der Waals surface area contributed by atoms with Crippen molar-refractivity contribution in [1.82, 2.24) is 15.1 Å². The molecule has 0 aromatic heterocycles. The fourth-order valence-corrected chi connectivity index (χ4v) is 4.45. The fraction of sp³-hybridized carbons (Fsp3) is 0.900. The van der Waals surface area contributed by atoms with E-state index in [0.717, 1.165) is 37.6 Å². The summed E-state index contributed by atoms with van der Waals surface area (Å²) in [6, 6.07) is 0. The van der Waals surface area contributed by atoms with Crippen LogP contribution in [0.15, 0.2) is 8.80 Å². The van der Waals surface area contributed by atoms with Gasteiger partial charge in [-0.15, -0.1) is 0 Å². The van der Waals surface area contributed by atoms with Gasteiger partial charge in [0.15, 0.2) is 0 Å². The third kappa shape index (κ3) is 27.3. The summed E-state index contributed by atoms with van der Waals surface area (Å²) in [5, 5.41) is 4.30. The number of nitrogens with zero attached hydrogens (tertiary/aromatic N) is 4. The minimum atomic E-state index is -3.28. The summed E-state index contributed by atoms with van der Waals surface area (Å²) in [5.74, 6) is 0.275. The largest absolute Gasteiger partial charge is 0.368 e. The molecule has 0 spiro atoms. The van der Waals surface area contributed by atoms with Gasteiger partial charge in [-0.25, -0.2) is 16.8 Å². The first-order valence-corrected chi connectivity index (χ1v) is 15.1. The maximum absolute atomic E-state index is 11.5. The molecule has 0 atom stereocenters. The summed E-state index contributed by atoms with van der Waals surface area (Å²) in [6.07, 6.45) is 7.81. The van der Waals surface area contributed by atoms with Crippen LogP contribution in [-0.4, -0.2) is 96.4 Å². The Morgan fingerprint density at radius 3 is 1.50 bits per heavy atom. The van der Waals surface area contributed by atoms with E-state index in [-0.39, 0.29) is 17.0 Å². The first-order chi connectivity index (χ1) is 14.6. The van der Waals surface area contributed by atoms with Crippen LogP contribution in [0.2, 0.25) is 0 Å². The molecule has 0 fully saturated rings. The Kier molecular flexibility index (Phi) is 18.5. The second-order valence-corrected chi connectivity index (χ2v) is 13.3. The first-order valence-electron chi connectivity index (χ1n) is 10.8. The zero-order chi connectivity index (χ0) is 25.3. The Balaban J connectivity index is 0. The van der Waals surface area contributed by atoms with Crippen LogP contribution in [0.4, 0.5) is 0 Å². The molecule has 0 aliphatic heterocycles. The Bertz CT molecular complexity index is 732. The molecule has 0 bridgehead atoms. The van der Waals surface area contributed by atoms with E-state index in [4.69, 9.17) is 0 Å². The van der Waals surface area contributed by atoms with Gasteiger partial charge >= 0.3 is 0 Å². The smallest absolute Gasteiger partial charge is 0.254 e. The second-order valence-electron chi connectivity index (χ2n) is 8.93. The van der Waals surface area contributed by atoms with Crippen molar-refractivity contribution in [2.45, 2.75) is 64.8 Å². The second kappa shape index (κ2) is 17.7. The molecular weight excluding hydrogens is 518 g/mol. The van der Waals surface area contributed by atoms with Gasteiger partial charge in [0.25, 0.3) is 20.0 Å². The molecule has 32 heavy (non-hydrogen) atoms. The first kappa shape index (κ1) is 33.5. The van der Waals surface area contributed by atoms with E-state index in [1.54, 1.807) is 38.0 Å². The molecule has 0 aliphatic rings. The highest BCUT2D eigenvalue weighted by Crippen LogP contribution is 2.04. The van der Waals surface area contributed by atoms with E-state index in [0.29, 0.717) is 12.8 Å². The molecule has 0 saturated heterocycles. The molecule has 9 nitrogen and oxygen atoms in total. The summed E-state index contributed by atoms with van der Waals surface area (Å²) in [5.41, 5.74) is 0.127. The topological polar surface area (TPSA) is 112 Å². The van der Waals surface area contributed by atoms with Crippen LogP contribution < -0.4 is 5.32 Å². The average molecular weight is 563 g/mol. The van der Waals surface area contributed by atoms with E-state index in [2.05, 4.69) is 50.8 Å². The van der Waals surface area contributed by atoms with E-state index in [9.17, 15) is 16.8 Å². The predicted molar refractivity (Wildman–Crippen MR) is 141 cm³/mol. The Morgan fingerprint density at radius 2 is 1.16 bits per heavy atom. The van der Waals surface area contributed by atoms with Gasteiger partial charge in [0.2, 0.25) is 0 Å². The standard InChI is InChI=1S/C12H27N3O2S.C8H17BrN2O2S/c1-12(2,3)13-9-7-6-8-10-18(16,17)14-11-15(4)5;1-11(2)8-10-14(12,13)7-5-3-4-6-9/h11,13H,6-10H2,1-5H3;8H,3-7H2,1-2H3. The lowest BCUT2D eigenvalue weighted by atomic mass is 10.1. The van der Waals surface area contributed by atoms with Gasteiger partial charge in [-0.05, 0) is 53.0 Å². The third-order valence-electron chi connectivity index (χ3n) is 3.65. The molecular formula is C20H44BrN5O4S2. The Hall–Kier alpha value is -0.720. The van der Waals surface area contributed by atoms with E-state index in [1.165, 1.54) is 12.7 Å². The number of nitrogens with one attached hydrogen (secondary N) is 1. The molecule has 12 heteroatoms. The number of hydrogen-bond acceptors (Lipinski definition) is 5. The van der Waals surface area contributed by atoms with Crippen LogP contribution >= 0.6 is 15.9 Å².